The first kappa shape index (κ1) is 20.1. The molecule has 1 aliphatic heterocycles. The van der Waals surface area contributed by atoms with Gasteiger partial charge in [0.15, 0.2) is 5.82 Å². The lowest BCUT2D eigenvalue weighted by Gasteiger charge is -2.27. The lowest BCUT2D eigenvalue weighted by Crippen LogP contribution is -2.42. The van der Waals surface area contributed by atoms with Crippen LogP contribution in [0.25, 0.3) is 11.4 Å². The van der Waals surface area contributed by atoms with Crippen molar-refractivity contribution in [3.63, 3.8) is 0 Å². The highest BCUT2D eigenvalue weighted by molar-refractivity contribution is 5.94. The van der Waals surface area contributed by atoms with Crippen molar-refractivity contribution in [3.8, 4) is 11.4 Å². The number of morpholine rings is 1. The van der Waals surface area contributed by atoms with Gasteiger partial charge in [-0.3, -0.25) is 14.5 Å². The van der Waals surface area contributed by atoms with Crippen LogP contribution in [0.15, 0.2) is 24.4 Å². The molecule has 0 unspecified atom stereocenters. The van der Waals surface area contributed by atoms with Crippen molar-refractivity contribution in [2.24, 2.45) is 5.92 Å². The lowest BCUT2D eigenvalue weighted by atomic mass is 9.86. The van der Waals surface area contributed by atoms with Crippen molar-refractivity contribution in [2.75, 3.05) is 30.0 Å². The SMILES string of the molecule is O=C(O)[C@H]1CCC[C@@H](Nc2ncc(F)c(-c3cccc(N4CCOCC4=O)n3)n2)C1. The molecule has 0 aromatic carbocycles. The molecule has 1 amide bonds. The van der Waals surface area contributed by atoms with Gasteiger partial charge in [-0.1, -0.05) is 12.5 Å². The van der Waals surface area contributed by atoms with Crippen LogP contribution in [-0.4, -0.2) is 57.7 Å². The molecule has 2 N–H and O–H groups in total. The van der Waals surface area contributed by atoms with Crippen molar-refractivity contribution in [1.29, 1.82) is 0 Å². The van der Waals surface area contributed by atoms with Crippen LogP contribution in [0.2, 0.25) is 0 Å². The van der Waals surface area contributed by atoms with Gasteiger partial charge < -0.3 is 15.2 Å². The maximum Gasteiger partial charge on any atom is 0.306 e. The lowest BCUT2D eigenvalue weighted by molar-refractivity contribution is -0.142. The van der Waals surface area contributed by atoms with Gasteiger partial charge in [0.25, 0.3) is 5.91 Å². The Morgan fingerprint density at radius 2 is 2.17 bits per heavy atom. The van der Waals surface area contributed by atoms with E-state index in [1.54, 1.807) is 18.2 Å². The van der Waals surface area contributed by atoms with Gasteiger partial charge >= 0.3 is 5.97 Å². The number of aliphatic carboxylic acids is 1. The Bertz CT molecular complexity index is 957. The predicted octanol–water partition coefficient (Wildman–Crippen LogP) is 2.10. The van der Waals surface area contributed by atoms with Crippen molar-refractivity contribution >= 4 is 23.6 Å². The summed E-state index contributed by atoms with van der Waals surface area (Å²) in [6, 6.07) is 4.89. The fourth-order valence-electron chi connectivity index (χ4n) is 3.81. The summed E-state index contributed by atoms with van der Waals surface area (Å²) in [7, 11) is 0. The number of ether oxygens (including phenoxy) is 1. The number of hydrogen-bond acceptors (Lipinski definition) is 7. The molecule has 9 nitrogen and oxygen atoms in total. The van der Waals surface area contributed by atoms with Gasteiger partial charge in [-0.15, -0.1) is 0 Å². The normalized spacial score (nSPS) is 22.0. The Labute approximate surface area is 172 Å². The number of aromatic nitrogens is 3. The zero-order valence-corrected chi connectivity index (χ0v) is 16.3. The minimum Gasteiger partial charge on any atom is -0.481 e. The number of pyridine rings is 1. The highest BCUT2D eigenvalue weighted by Crippen LogP contribution is 2.27. The maximum atomic E-state index is 14.5. The number of nitrogens with one attached hydrogen (secondary N) is 1. The van der Waals surface area contributed by atoms with E-state index in [1.807, 2.05) is 0 Å². The Morgan fingerprint density at radius 1 is 1.30 bits per heavy atom. The van der Waals surface area contributed by atoms with Crippen LogP contribution < -0.4 is 10.2 Å². The Morgan fingerprint density at radius 3 is 2.97 bits per heavy atom. The number of rotatable bonds is 5. The second kappa shape index (κ2) is 8.70. The maximum absolute atomic E-state index is 14.5. The van der Waals surface area contributed by atoms with E-state index in [9.17, 15) is 19.1 Å². The molecule has 4 rings (SSSR count). The summed E-state index contributed by atoms with van der Waals surface area (Å²) in [5.74, 6) is -1.42. The number of carbonyl (C=O) groups excluding carboxylic acids is 1. The van der Waals surface area contributed by atoms with E-state index in [-0.39, 0.29) is 35.9 Å². The minimum absolute atomic E-state index is 0.0133. The van der Waals surface area contributed by atoms with Gasteiger partial charge in [0.05, 0.1) is 31.0 Å². The van der Waals surface area contributed by atoms with Gasteiger partial charge in [0.1, 0.15) is 18.1 Å². The highest BCUT2D eigenvalue weighted by atomic mass is 19.1. The number of anilines is 2. The summed E-state index contributed by atoms with van der Waals surface area (Å²) in [6.07, 6.45) is 3.78. The monoisotopic (exact) mass is 415 g/mol. The van der Waals surface area contributed by atoms with Gasteiger partial charge in [0.2, 0.25) is 5.95 Å². The summed E-state index contributed by atoms with van der Waals surface area (Å²) in [5, 5.41) is 12.4. The van der Waals surface area contributed by atoms with Crippen LogP contribution in [0.1, 0.15) is 25.7 Å². The van der Waals surface area contributed by atoms with Gasteiger partial charge in [-0.05, 0) is 31.4 Å². The molecule has 1 saturated heterocycles. The highest BCUT2D eigenvalue weighted by Gasteiger charge is 2.27. The average molecular weight is 415 g/mol. The summed E-state index contributed by atoms with van der Waals surface area (Å²) in [6.45, 7) is 0.771. The zero-order valence-electron chi connectivity index (χ0n) is 16.3. The molecule has 1 aliphatic carbocycles. The van der Waals surface area contributed by atoms with E-state index in [0.29, 0.717) is 31.8 Å². The number of amides is 1. The number of carboxylic acids is 1. The van der Waals surface area contributed by atoms with Crippen molar-refractivity contribution < 1.29 is 23.8 Å². The standard InChI is InChI=1S/C20H22FN5O4/c21-14-10-22-20(23-13-4-1-3-12(9-13)19(28)29)25-18(14)15-5-2-6-16(24-15)26-7-8-30-11-17(26)27/h2,5-6,10,12-13H,1,3-4,7-9,11H2,(H,28,29)(H,22,23,25)/t12-,13+/m0/s1. The average Bonchev–Trinajstić information content (AvgIpc) is 2.76. The fourth-order valence-corrected chi connectivity index (χ4v) is 3.81. The molecule has 0 spiro atoms. The molecule has 2 atom stereocenters. The quantitative estimate of drug-likeness (QED) is 0.762. The largest absolute Gasteiger partial charge is 0.481 e. The smallest absolute Gasteiger partial charge is 0.306 e. The van der Waals surface area contributed by atoms with Crippen LogP contribution in [0, 0.1) is 11.7 Å². The summed E-state index contributed by atoms with van der Waals surface area (Å²) in [4.78, 5) is 37.5. The van der Waals surface area contributed by atoms with Crippen molar-refractivity contribution in [1.82, 2.24) is 15.0 Å². The van der Waals surface area contributed by atoms with E-state index in [4.69, 9.17) is 4.74 Å². The van der Waals surface area contributed by atoms with Crippen LogP contribution in [-0.2, 0) is 14.3 Å². The molecule has 30 heavy (non-hydrogen) atoms. The number of halogens is 1. The topological polar surface area (TPSA) is 118 Å². The summed E-state index contributed by atoms with van der Waals surface area (Å²) < 4.78 is 19.6. The second-order valence-electron chi connectivity index (χ2n) is 7.41. The van der Waals surface area contributed by atoms with Crippen LogP contribution in [0.3, 0.4) is 0 Å². The molecule has 3 heterocycles. The van der Waals surface area contributed by atoms with E-state index in [0.717, 1.165) is 19.0 Å². The first-order valence-electron chi connectivity index (χ1n) is 9.88. The molecule has 2 aromatic heterocycles. The van der Waals surface area contributed by atoms with Gasteiger partial charge in [0, 0.05) is 6.04 Å². The summed E-state index contributed by atoms with van der Waals surface area (Å²) >= 11 is 0. The van der Waals surface area contributed by atoms with Crippen molar-refractivity contribution in [3.05, 3.63) is 30.2 Å². The third-order valence-electron chi connectivity index (χ3n) is 5.34. The van der Waals surface area contributed by atoms with E-state index < -0.39 is 17.7 Å². The molecular formula is C20H22FN5O4. The Balaban J connectivity index is 1.56. The molecule has 158 valence electrons. The molecule has 2 fully saturated rings. The summed E-state index contributed by atoms with van der Waals surface area (Å²) in [5.41, 5.74) is 0.294. The number of nitrogens with zero attached hydrogens (tertiary/aromatic N) is 4. The van der Waals surface area contributed by atoms with Gasteiger partial charge in [-0.2, -0.15) is 0 Å². The Kier molecular flexibility index (Phi) is 5.84. The van der Waals surface area contributed by atoms with E-state index in [1.165, 1.54) is 4.90 Å². The third-order valence-corrected chi connectivity index (χ3v) is 5.34. The zero-order chi connectivity index (χ0) is 21.1. The Hall–Kier alpha value is -3.14. The molecule has 10 heteroatoms. The molecular weight excluding hydrogens is 393 g/mol. The first-order valence-corrected chi connectivity index (χ1v) is 9.88. The van der Waals surface area contributed by atoms with Crippen LogP contribution >= 0.6 is 0 Å². The first-order chi connectivity index (χ1) is 14.5. The second-order valence-corrected chi connectivity index (χ2v) is 7.41. The molecule has 2 aliphatic rings. The molecule has 0 radical (unpaired) electrons. The minimum atomic E-state index is -0.805. The van der Waals surface area contributed by atoms with Crippen LogP contribution in [0.4, 0.5) is 16.2 Å². The predicted molar refractivity (Wildman–Crippen MR) is 105 cm³/mol. The van der Waals surface area contributed by atoms with Crippen LogP contribution in [0.5, 0.6) is 0 Å². The third kappa shape index (κ3) is 4.38. The van der Waals surface area contributed by atoms with Crippen molar-refractivity contribution in [2.45, 2.75) is 31.7 Å². The number of carbonyl (C=O) groups is 2. The molecule has 1 saturated carbocycles. The fraction of sp³-hybridized carbons (Fsp3) is 0.450. The number of carboxylic acid groups (broad SMARTS) is 1. The molecule has 2 aromatic rings. The number of hydrogen-bond donors (Lipinski definition) is 2. The molecule has 0 bridgehead atoms. The van der Waals surface area contributed by atoms with E-state index >= 15 is 0 Å². The van der Waals surface area contributed by atoms with E-state index in [2.05, 4.69) is 20.3 Å². The van der Waals surface area contributed by atoms with Gasteiger partial charge in [-0.25, -0.2) is 19.3 Å².